The zero-order chi connectivity index (χ0) is 17.1. The van der Waals surface area contributed by atoms with Crippen molar-refractivity contribution in [3.8, 4) is 0 Å². The zero-order valence-corrected chi connectivity index (χ0v) is 12.8. The van der Waals surface area contributed by atoms with Gasteiger partial charge >= 0.3 is 12.2 Å². The van der Waals surface area contributed by atoms with Crippen molar-refractivity contribution in [2.75, 3.05) is 5.32 Å². The first kappa shape index (κ1) is 17.8. The monoisotopic (exact) mass is 316 g/mol. The van der Waals surface area contributed by atoms with Gasteiger partial charge in [-0.1, -0.05) is 6.07 Å². The van der Waals surface area contributed by atoms with Gasteiger partial charge in [0.05, 0.1) is 5.56 Å². The molecule has 4 N–H and O–H groups in total. The van der Waals surface area contributed by atoms with Gasteiger partial charge in [-0.05, 0) is 45.4 Å². The number of hydrogen-bond acceptors (Lipinski definition) is 2. The molecular weight excluding hydrogens is 297 g/mol. The Morgan fingerprint density at radius 3 is 2.27 bits per heavy atom. The van der Waals surface area contributed by atoms with Crippen LogP contribution in [0.15, 0.2) is 18.2 Å². The molecule has 2 amide bonds. The summed E-state index contributed by atoms with van der Waals surface area (Å²) < 4.78 is 38.4. The molecule has 0 aliphatic carbocycles. The van der Waals surface area contributed by atoms with Crippen LogP contribution in [0.2, 0.25) is 0 Å². The molecule has 0 saturated carbocycles. The van der Waals surface area contributed by atoms with E-state index >= 15 is 0 Å². The van der Waals surface area contributed by atoms with Gasteiger partial charge in [-0.25, -0.2) is 4.79 Å². The van der Waals surface area contributed by atoms with Crippen LogP contribution in [0.4, 0.5) is 23.7 Å². The van der Waals surface area contributed by atoms with Crippen LogP contribution in [0.5, 0.6) is 0 Å². The fourth-order valence-electron chi connectivity index (χ4n) is 1.67. The molecule has 0 radical (unpaired) electrons. The number of nitrogens with one attached hydrogen (secondary N) is 4. The van der Waals surface area contributed by atoms with Crippen LogP contribution in [0.1, 0.15) is 31.9 Å². The summed E-state index contributed by atoms with van der Waals surface area (Å²) in [5.74, 6) is -0.418. The van der Waals surface area contributed by atoms with E-state index in [2.05, 4.69) is 16.0 Å². The van der Waals surface area contributed by atoms with Gasteiger partial charge < -0.3 is 10.6 Å². The van der Waals surface area contributed by atoms with Crippen molar-refractivity contribution in [2.45, 2.75) is 39.4 Å². The highest BCUT2D eigenvalue weighted by Gasteiger charge is 2.32. The van der Waals surface area contributed by atoms with Crippen LogP contribution in [0.3, 0.4) is 0 Å². The average molecular weight is 316 g/mol. The summed E-state index contributed by atoms with van der Waals surface area (Å²) in [6.07, 6.45) is -4.47. The molecule has 5 nitrogen and oxygen atoms in total. The third-order valence-electron chi connectivity index (χ3n) is 2.54. The molecule has 0 bridgehead atoms. The largest absolute Gasteiger partial charge is 0.416 e. The normalized spacial score (nSPS) is 11.8. The minimum atomic E-state index is -4.47. The summed E-state index contributed by atoms with van der Waals surface area (Å²) in [4.78, 5) is 11.6. The molecule has 0 unspecified atom stereocenters. The number of carbonyl (C=O) groups is 1. The molecule has 0 saturated heterocycles. The fraction of sp³-hybridized carbons (Fsp3) is 0.429. The average Bonchev–Trinajstić information content (AvgIpc) is 2.27. The molecule has 0 spiro atoms. The van der Waals surface area contributed by atoms with Gasteiger partial charge in [-0.15, -0.1) is 0 Å². The lowest BCUT2D eigenvalue weighted by Gasteiger charge is -2.21. The molecule has 1 aromatic rings. The summed E-state index contributed by atoms with van der Waals surface area (Å²) in [6, 6.07) is 2.98. The van der Waals surface area contributed by atoms with Crippen LogP contribution >= 0.6 is 0 Å². The van der Waals surface area contributed by atoms with E-state index < -0.39 is 29.3 Å². The highest BCUT2D eigenvalue weighted by molar-refractivity contribution is 6.02. The predicted molar refractivity (Wildman–Crippen MR) is 79.0 cm³/mol. The maximum absolute atomic E-state index is 12.8. The molecule has 8 heteroatoms. The van der Waals surface area contributed by atoms with E-state index in [1.165, 1.54) is 19.1 Å². The molecule has 0 aliphatic heterocycles. The van der Waals surface area contributed by atoms with E-state index in [0.717, 1.165) is 6.07 Å². The fourth-order valence-corrected chi connectivity index (χ4v) is 1.67. The number of anilines is 1. The first-order chi connectivity index (χ1) is 9.88. The number of hydrogen-bond donors (Lipinski definition) is 4. The quantitative estimate of drug-likeness (QED) is 0.473. The SMILES string of the molecule is Cc1ccc(NC(=N)NC(=O)NC(C)(C)C)cc1C(F)(F)F. The van der Waals surface area contributed by atoms with Crippen LogP contribution in [-0.2, 0) is 6.18 Å². The summed E-state index contributed by atoms with van der Waals surface area (Å²) in [7, 11) is 0. The van der Waals surface area contributed by atoms with Gasteiger partial charge in [-0.3, -0.25) is 10.7 Å². The van der Waals surface area contributed by atoms with E-state index in [4.69, 9.17) is 5.41 Å². The third-order valence-corrected chi connectivity index (χ3v) is 2.54. The van der Waals surface area contributed by atoms with Gasteiger partial charge in [0.1, 0.15) is 0 Å². The van der Waals surface area contributed by atoms with Gasteiger partial charge in [0.15, 0.2) is 0 Å². The number of carbonyl (C=O) groups excluding carboxylic acids is 1. The van der Waals surface area contributed by atoms with E-state index in [9.17, 15) is 18.0 Å². The molecule has 0 fully saturated rings. The van der Waals surface area contributed by atoms with Crippen LogP contribution in [-0.4, -0.2) is 17.5 Å². The van der Waals surface area contributed by atoms with Crippen molar-refractivity contribution in [1.82, 2.24) is 10.6 Å². The minimum Gasteiger partial charge on any atom is -0.333 e. The number of urea groups is 1. The zero-order valence-electron chi connectivity index (χ0n) is 12.8. The van der Waals surface area contributed by atoms with E-state index in [1.807, 2.05) is 0 Å². The number of benzene rings is 1. The number of halogens is 3. The lowest BCUT2D eigenvalue weighted by Crippen LogP contribution is -2.49. The Bertz CT molecular complexity index is 576. The highest BCUT2D eigenvalue weighted by Crippen LogP contribution is 2.33. The second-order valence-electron chi connectivity index (χ2n) is 5.86. The second-order valence-corrected chi connectivity index (χ2v) is 5.86. The number of amides is 2. The van der Waals surface area contributed by atoms with Crippen molar-refractivity contribution in [3.05, 3.63) is 29.3 Å². The van der Waals surface area contributed by atoms with Crippen molar-refractivity contribution >= 4 is 17.7 Å². The maximum atomic E-state index is 12.8. The van der Waals surface area contributed by atoms with Crippen molar-refractivity contribution in [1.29, 1.82) is 5.41 Å². The standard InChI is InChI=1S/C14H19F3N4O/c1-8-5-6-9(7-10(8)14(15,16)17)19-11(18)20-12(22)21-13(2,3)4/h5-7H,1-4H3,(H4,18,19,20,21,22). The van der Waals surface area contributed by atoms with Crippen molar-refractivity contribution in [3.63, 3.8) is 0 Å². The lowest BCUT2D eigenvalue weighted by molar-refractivity contribution is -0.138. The van der Waals surface area contributed by atoms with Gasteiger partial charge in [0.2, 0.25) is 5.96 Å². The number of aryl methyl sites for hydroxylation is 1. The Morgan fingerprint density at radius 2 is 1.77 bits per heavy atom. The number of alkyl halides is 3. The Kier molecular flexibility index (Phi) is 5.05. The van der Waals surface area contributed by atoms with Gasteiger partial charge in [0.25, 0.3) is 0 Å². The minimum absolute atomic E-state index is 0.0685. The van der Waals surface area contributed by atoms with Crippen molar-refractivity contribution < 1.29 is 18.0 Å². The third kappa shape index (κ3) is 5.63. The summed E-state index contributed by atoms with van der Waals surface area (Å²) in [5, 5.41) is 14.8. The molecular formula is C14H19F3N4O. The van der Waals surface area contributed by atoms with E-state index in [0.29, 0.717) is 0 Å². The lowest BCUT2D eigenvalue weighted by atomic mass is 10.1. The molecule has 0 heterocycles. The molecule has 22 heavy (non-hydrogen) atoms. The topological polar surface area (TPSA) is 77.0 Å². The maximum Gasteiger partial charge on any atom is 0.416 e. The molecule has 0 aliphatic rings. The van der Waals surface area contributed by atoms with E-state index in [1.54, 1.807) is 20.8 Å². The summed E-state index contributed by atoms with van der Waals surface area (Å²) in [5.41, 5.74) is -1.12. The highest BCUT2D eigenvalue weighted by atomic mass is 19.4. The van der Waals surface area contributed by atoms with E-state index in [-0.39, 0.29) is 11.3 Å². The van der Waals surface area contributed by atoms with Crippen LogP contribution in [0.25, 0.3) is 0 Å². The first-order valence-electron chi connectivity index (χ1n) is 6.51. The van der Waals surface area contributed by atoms with Crippen LogP contribution < -0.4 is 16.0 Å². The Hall–Kier alpha value is -2.25. The molecule has 1 rings (SSSR count). The number of rotatable bonds is 1. The summed E-state index contributed by atoms with van der Waals surface area (Å²) in [6.45, 7) is 6.64. The van der Waals surface area contributed by atoms with Crippen molar-refractivity contribution in [2.24, 2.45) is 0 Å². The first-order valence-corrected chi connectivity index (χ1v) is 6.51. The predicted octanol–water partition coefficient (Wildman–Crippen LogP) is 3.46. The Balaban J connectivity index is 2.75. The molecule has 1 aromatic carbocycles. The molecule has 122 valence electrons. The Labute approximate surface area is 126 Å². The molecule has 0 atom stereocenters. The van der Waals surface area contributed by atoms with Crippen LogP contribution in [0, 0.1) is 12.3 Å². The summed E-state index contributed by atoms with van der Waals surface area (Å²) >= 11 is 0. The van der Waals surface area contributed by atoms with Gasteiger partial charge in [0, 0.05) is 11.2 Å². The number of guanidine groups is 1. The van der Waals surface area contributed by atoms with Gasteiger partial charge in [-0.2, -0.15) is 13.2 Å². The molecule has 0 aromatic heterocycles. The Morgan fingerprint density at radius 1 is 1.18 bits per heavy atom. The smallest absolute Gasteiger partial charge is 0.333 e. The second kappa shape index (κ2) is 6.25.